The molecular formula is C14H15N3O2S. The minimum atomic E-state index is -0.211. The van der Waals surface area contributed by atoms with E-state index >= 15 is 0 Å². The van der Waals surface area contributed by atoms with Gasteiger partial charge in [0.1, 0.15) is 0 Å². The van der Waals surface area contributed by atoms with Gasteiger partial charge in [-0.25, -0.2) is 0 Å². The van der Waals surface area contributed by atoms with E-state index in [0.29, 0.717) is 6.54 Å². The van der Waals surface area contributed by atoms with E-state index in [9.17, 15) is 4.79 Å². The Labute approximate surface area is 122 Å². The molecule has 0 aromatic carbocycles. The number of aromatic nitrogens is 2. The molecule has 5 nitrogen and oxygen atoms in total. The molecule has 0 fully saturated rings. The lowest BCUT2D eigenvalue weighted by Gasteiger charge is -2.15. The van der Waals surface area contributed by atoms with Gasteiger partial charge in [0, 0.05) is 36.9 Å². The number of fused-ring (bicyclic) bond motifs is 1. The second kappa shape index (κ2) is 6.29. The van der Waals surface area contributed by atoms with Crippen molar-refractivity contribution >= 4 is 40.7 Å². The molecule has 0 aliphatic carbocycles. The maximum Gasteiger partial charge on any atom is 0.289 e. The molecule has 1 amide bonds. The van der Waals surface area contributed by atoms with Crippen molar-refractivity contribution in [3.05, 3.63) is 36.0 Å². The van der Waals surface area contributed by atoms with Crippen LogP contribution in [0.1, 0.15) is 12.5 Å². The van der Waals surface area contributed by atoms with Gasteiger partial charge in [-0.3, -0.25) is 9.78 Å². The average molecular weight is 289 g/mol. The smallest absolute Gasteiger partial charge is 0.289 e. The molecule has 104 valence electrons. The Morgan fingerprint density at radius 2 is 2.40 bits per heavy atom. The molecule has 1 N–H and O–H groups in total. The van der Waals surface area contributed by atoms with Gasteiger partial charge in [-0.15, -0.1) is 0 Å². The van der Waals surface area contributed by atoms with E-state index in [1.807, 2.05) is 13.0 Å². The summed E-state index contributed by atoms with van der Waals surface area (Å²) in [4.78, 5) is 20.9. The molecule has 0 unspecified atom stereocenters. The lowest BCUT2D eigenvalue weighted by atomic mass is 10.2. The molecule has 0 aliphatic heterocycles. The highest BCUT2D eigenvalue weighted by molar-refractivity contribution is 7.78. The first kappa shape index (κ1) is 14.2. The zero-order chi connectivity index (χ0) is 14.5. The largest absolute Gasteiger partial charge is 0.448 e. The number of carbonyl (C=O) groups excluding carboxylic acids is 1. The molecule has 0 saturated carbocycles. The third kappa shape index (κ3) is 2.85. The van der Waals surface area contributed by atoms with Crippen LogP contribution in [0.3, 0.4) is 0 Å². The Hall–Kier alpha value is -2.21. The van der Waals surface area contributed by atoms with Crippen LogP contribution < -0.4 is 0 Å². The van der Waals surface area contributed by atoms with E-state index in [-0.39, 0.29) is 11.7 Å². The molecule has 0 bridgehead atoms. The van der Waals surface area contributed by atoms with Crippen LogP contribution in [0.2, 0.25) is 0 Å². The summed E-state index contributed by atoms with van der Waals surface area (Å²) in [5.74, 6) is -0.0148. The molecule has 0 spiro atoms. The molecule has 0 atom stereocenters. The Morgan fingerprint density at radius 3 is 3.10 bits per heavy atom. The van der Waals surface area contributed by atoms with Gasteiger partial charge in [-0.05, 0) is 31.3 Å². The third-order valence-corrected chi connectivity index (χ3v) is 3.10. The van der Waals surface area contributed by atoms with Crippen LogP contribution in [-0.4, -0.2) is 39.9 Å². The van der Waals surface area contributed by atoms with Gasteiger partial charge in [0.25, 0.3) is 5.91 Å². The number of nitrogens with zero attached hydrogens (tertiary/aromatic N) is 2. The van der Waals surface area contributed by atoms with Gasteiger partial charge in [0.15, 0.2) is 11.3 Å². The monoisotopic (exact) mass is 289 g/mol. The Bertz CT molecular complexity index is 663. The molecule has 2 aromatic rings. The fourth-order valence-electron chi connectivity index (χ4n) is 1.78. The fourth-order valence-corrected chi connectivity index (χ4v) is 1.89. The van der Waals surface area contributed by atoms with E-state index in [0.717, 1.165) is 22.0 Å². The molecule has 0 aliphatic rings. The number of nitrogens with one attached hydrogen (secondary N) is 1. The van der Waals surface area contributed by atoms with Crippen molar-refractivity contribution in [2.45, 2.75) is 6.92 Å². The number of thiocarbonyl (C=S) groups is 1. The second-order valence-corrected chi connectivity index (χ2v) is 4.40. The second-order valence-electron chi connectivity index (χ2n) is 4.21. The molecule has 0 radical (unpaired) electrons. The first-order chi connectivity index (χ1) is 9.67. The van der Waals surface area contributed by atoms with Crippen LogP contribution in [0, 0.1) is 0 Å². The lowest BCUT2D eigenvalue weighted by molar-refractivity contribution is -0.127. The van der Waals surface area contributed by atoms with Crippen molar-refractivity contribution in [1.29, 1.82) is 0 Å². The maximum atomic E-state index is 12.2. The van der Waals surface area contributed by atoms with Gasteiger partial charge in [-0.2, -0.15) is 0 Å². The summed E-state index contributed by atoms with van der Waals surface area (Å²) in [5, 5.41) is 0.970. The van der Waals surface area contributed by atoms with Crippen LogP contribution in [-0.2, 0) is 9.53 Å². The zero-order valence-electron chi connectivity index (χ0n) is 11.3. The molecule has 20 heavy (non-hydrogen) atoms. The minimum Gasteiger partial charge on any atom is -0.448 e. The number of hydrogen-bond acceptors (Lipinski definition) is 4. The summed E-state index contributed by atoms with van der Waals surface area (Å²) in [7, 11) is 1.71. The SMILES string of the molecule is CCN(C)C(=O)/C(=C/c1c[nH]c2cnccc12)OC=S. The van der Waals surface area contributed by atoms with Gasteiger partial charge in [0.2, 0.25) is 0 Å². The summed E-state index contributed by atoms with van der Waals surface area (Å²) in [6.45, 7) is 2.49. The molecule has 6 heteroatoms. The van der Waals surface area contributed by atoms with Gasteiger partial charge < -0.3 is 14.6 Å². The van der Waals surface area contributed by atoms with Gasteiger partial charge in [-0.1, -0.05) is 0 Å². The Balaban J connectivity index is 2.42. The van der Waals surface area contributed by atoms with Crippen LogP contribution in [0.4, 0.5) is 0 Å². The number of likely N-dealkylation sites (N-methyl/N-ethyl adjacent to an activating group) is 1. The quantitative estimate of drug-likeness (QED) is 0.521. The average Bonchev–Trinajstić information content (AvgIpc) is 2.88. The van der Waals surface area contributed by atoms with Crippen molar-refractivity contribution < 1.29 is 9.53 Å². The number of carbonyl (C=O) groups is 1. The Kier molecular flexibility index (Phi) is 4.47. The number of ether oxygens (including phenoxy) is 1. The maximum absolute atomic E-state index is 12.2. The molecule has 2 aromatic heterocycles. The summed E-state index contributed by atoms with van der Waals surface area (Å²) in [5.41, 5.74) is 2.84. The van der Waals surface area contributed by atoms with E-state index in [1.54, 1.807) is 36.6 Å². The molecule has 2 heterocycles. The van der Waals surface area contributed by atoms with Gasteiger partial charge in [0.05, 0.1) is 11.7 Å². The predicted octanol–water partition coefficient (Wildman–Crippen LogP) is 2.36. The van der Waals surface area contributed by atoms with E-state index in [2.05, 4.69) is 22.2 Å². The number of hydrogen-bond donors (Lipinski definition) is 1. The summed E-state index contributed by atoms with van der Waals surface area (Å²) in [6.07, 6.45) is 6.91. The van der Waals surface area contributed by atoms with Crippen LogP contribution in [0.25, 0.3) is 17.0 Å². The van der Waals surface area contributed by atoms with Crippen LogP contribution >= 0.6 is 12.2 Å². The molecule has 2 rings (SSSR count). The third-order valence-electron chi connectivity index (χ3n) is 3.01. The number of amides is 1. The van der Waals surface area contributed by atoms with Crippen molar-refractivity contribution in [1.82, 2.24) is 14.9 Å². The van der Waals surface area contributed by atoms with E-state index in [4.69, 9.17) is 4.74 Å². The molecular weight excluding hydrogens is 274 g/mol. The van der Waals surface area contributed by atoms with E-state index in [1.165, 1.54) is 0 Å². The van der Waals surface area contributed by atoms with Crippen molar-refractivity contribution in [3.8, 4) is 0 Å². The van der Waals surface area contributed by atoms with Crippen molar-refractivity contribution in [2.75, 3.05) is 13.6 Å². The minimum absolute atomic E-state index is 0.196. The topological polar surface area (TPSA) is 58.2 Å². The number of pyridine rings is 1. The lowest BCUT2D eigenvalue weighted by Crippen LogP contribution is -2.28. The van der Waals surface area contributed by atoms with Crippen LogP contribution in [0.5, 0.6) is 0 Å². The van der Waals surface area contributed by atoms with Crippen molar-refractivity contribution in [2.24, 2.45) is 0 Å². The summed E-state index contributed by atoms with van der Waals surface area (Å²) < 4.78 is 5.18. The zero-order valence-corrected chi connectivity index (χ0v) is 12.1. The standard InChI is InChI=1S/C14H15N3O2S/c1-3-17(2)14(18)13(19-9-20)6-10-7-16-12-8-15-5-4-11(10)12/h4-9,16H,3H2,1-2H3/b13-6-. The first-order valence-electron chi connectivity index (χ1n) is 6.16. The normalized spacial score (nSPS) is 11.4. The van der Waals surface area contributed by atoms with Gasteiger partial charge >= 0.3 is 0 Å². The first-order valence-corrected chi connectivity index (χ1v) is 6.63. The van der Waals surface area contributed by atoms with Crippen LogP contribution in [0.15, 0.2) is 30.4 Å². The summed E-state index contributed by atoms with van der Waals surface area (Å²) >= 11 is 4.69. The highest BCUT2D eigenvalue weighted by atomic mass is 32.1. The number of H-pyrrole nitrogens is 1. The predicted molar refractivity (Wildman–Crippen MR) is 82.1 cm³/mol. The highest BCUT2D eigenvalue weighted by Crippen LogP contribution is 2.20. The number of aromatic amines is 1. The highest BCUT2D eigenvalue weighted by Gasteiger charge is 2.15. The van der Waals surface area contributed by atoms with E-state index < -0.39 is 0 Å². The summed E-state index contributed by atoms with van der Waals surface area (Å²) in [6, 6.07) is 1.88. The fraction of sp³-hybridized carbons (Fsp3) is 0.214. The molecule has 0 saturated heterocycles. The number of rotatable bonds is 5. The van der Waals surface area contributed by atoms with Crippen molar-refractivity contribution in [3.63, 3.8) is 0 Å². The Morgan fingerprint density at radius 1 is 1.60 bits per heavy atom.